The van der Waals surface area contributed by atoms with E-state index in [4.69, 9.17) is 10.5 Å². The monoisotopic (exact) mass is 342 g/mol. The third kappa shape index (κ3) is 2.94. The number of nitrogens with one attached hydrogen (secondary N) is 2. The highest BCUT2D eigenvalue weighted by Crippen LogP contribution is 2.15. The van der Waals surface area contributed by atoms with Crippen LogP contribution < -0.4 is 17.0 Å². The molecule has 0 atom stereocenters. The third-order valence-corrected chi connectivity index (χ3v) is 3.73. The zero-order valence-corrected chi connectivity index (χ0v) is 13.2. The average Bonchev–Trinajstić information content (AvgIpc) is 3.02. The van der Waals surface area contributed by atoms with Crippen molar-refractivity contribution >= 4 is 28.5 Å². The van der Waals surface area contributed by atoms with Gasteiger partial charge in [-0.2, -0.15) is 0 Å². The summed E-state index contributed by atoms with van der Waals surface area (Å²) < 4.78 is 5.86. The first-order valence-electron chi connectivity index (χ1n) is 7.25. The topological polar surface area (TPSA) is 140 Å². The van der Waals surface area contributed by atoms with Crippen LogP contribution in [0.2, 0.25) is 0 Å². The number of benzene rings is 1. The molecule has 9 heteroatoms. The number of carbonyl (C=O) groups is 2. The standard InChI is InChI=1S/C16H14N4O5/c1-20-13(17)12(14(22)19-16(20)24)11(21)7-25-15(23)10-6-8-4-2-3-5-9(8)18-10/h2-6,18H,7,17H2,1H3,(H,19,22,24). The maximum absolute atomic E-state index is 12.2. The van der Waals surface area contributed by atoms with Gasteiger partial charge in [-0.05, 0) is 12.1 Å². The Morgan fingerprint density at radius 1 is 1.20 bits per heavy atom. The van der Waals surface area contributed by atoms with Crippen molar-refractivity contribution in [2.45, 2.75) is 0 Å². The Hall–Kier alpha value is -3.62. The molecule has 0 radical (unpaired) electrons. The fourth-order valence-electron chi connectivity index (χ4n) is 2.37. The Morgan fingerprint density at radius 2 is 1.92 bits per heavy atom. The molecule has 2 heterocycles. The third-order valence-electron chi connectivity index (χ3n) is 3.73. The number of H-pyrrole nitrogens is 2. The van der Waals surface area contributed by atoms with E-state index in [1.165, 1.54) is 7.05 Å². The highest BCUT2D eigenvalue weighted by molar-refractivity contribution is 6.02. The number of esters is 1. The van der Waals surface area contributed by atoms with Crippen LogP contribution in [-0.4, -0.2) is 32.9 Å². The van der Waals surface area contributed by atoms with Crippen LogP contribution in [0.3, 0.4) is 0 Å². The molecular weight excluding hydrogens is 328 g/mol. The summed E-state index contributed by atoms with van der Waals surface area (Å²) in [6, 6.07) is 8.84. The van der Waals surface area contributed by atoms with Gasteiger partial charge in [0.1, 0.15) is 17.1 Å². The number of ether oxygens (including phenoxy) is 1. The number of anilines is 1. The van der Waals surface area contributed by atoms with Crippen molar-refractivity contribution < 1.29 is 14.3 Å². The maximum atomic E-state index is 12.2. The molecule has 0 saturated heterocycles. The van der Waals surface area contributed by atoms with Crippen LogP contribution in [0.15, 0.2) is 39.9 Å². The van der Waals surface area contributed by atoms with E-state index in [9.17, 15) is 19.2 Å². The van der Waals surface area contributed by atoms with E-state index in [1.807, 2.05) is 23.2 Å². The second-order valence-corrected chi connectivity index (χ2v) is 5.35. The van der Waals surface area contributed by atoms with Gasteiger partial charge >= 0.3 is 11.7 Å². The Labute approximate surface area is 140 Å². The molecule has 2 aromatic heterocycles. The number of aromatic amines is 2. The van der Waals surface area contributed by atoms with Crippen molar-refractivity contribution in [3.63, 3.8) is 0 Å². The number of fused-ring (bicyclic) bond motifs is 1. The fourth-order valence-corrected chi connectivity index (χ4v) is 2.37. The Bertz CT molecular complexity index is 1070. The number of nitrogens with zero attached hydrogens (tertiary/aromatic N) is 1. The van der Waals surface area contributed by atoms with E-state index in [1.54, 1.807) is 12.1 Å². The molecule has 4 N–H and O–H groups in total. The lowest BCUT2D eigenvalue weighted by Crippen LogP contribution is -2.35. The van der Waals surface area contributed by atoms with Gasteiger partial charge in [0, 0.05) is 18.0 Å². The van der Waals surface area contributed by atoms with Crippen molar-refractivity contribution in [1.29, 1.82) is 0 Å². The Balaban J connectivity index is 1.78. The number of para-hydroxylation sites is 1. The predicted octanol–water partition coefficient (Wildman–Crippen LogP) is 0.177. The van der Waals surface area contributed by atoms with Crippen molar-refractivity contribution in [2.24, 2.45) is 7.05 Å². The Morgan fingerprint density at radius 3 is 2.64 bits per heavy atom. The van der Waals surface area contributed by atoms with Crippen molar-refractivity contribution in [1.82, 2.24) is 14.5 Å². The van der Waals surface area contributed by atoms with Crippen LogP contribution >= 0.6 is 0 Å². The molecule has 0 aliphatic heterocycles. The number of ketones is 1. The smallest absolute Gasteiger partial charge is 0.355 e. The maximum Gasteiger partial charge on any atom is 0.355 e. The minimum Gasteiger partial charge on any atom is -0.453 e. The lowest BCUT2D eigenvalue weighted by atomic mass is 10.2. The highest BCUT2D eigenvalue weighted by Gasteiger charge is 2.20. The lowest BCUT2D eigenvalue weighted by Gasteiger charge is -2.07. The number of rotatable bonds is 4. The van der Waals surface area contributed by atoms with Crippen LogP contribution in [-0.2, 0) is 11.8 Å². The summed E-state index contributed by atoms with van der Waals surface area (Å²) in [7, 11) is 1.31. The number of nitrogens with two attached hydrogens (primary N) is 1. The summed E-state index contributed by atoms with van der Waals surface area (Å²) in [5.74, 6) is -1.84. The minimum atomic E-state index is -0.924. The first kappa shape index (κ1) is 16.2. The highest BCUT2D eigenvalue weighted by atomic mass is 16.5. The molecule has 0 unspecified atom stereocenters. The van der Waals surface area contributed by atoms with E-state index in [0.717, 1.165) is 15.5 Å². The summed E-state index contributed by atoms with van der Waals surface area (Å²) in [6.45, 7) is -0.681. The van der Waals surface area contributed by atoms with Gasteiger partial charge in [0.25, 0.3) is 5.56 Å². The molecule has 0 saturated carbocycles. The fraction of sp³-hybridized carbons (Fsp3) is 0.125. The van der Waals surface area contributed by atoms with Gasteiger partial charge < -0.3 is 15.5 Å². The van der Waals surface area contributed by atoms with Crippen molar-refractivity contribution in [2.75, 3.05) is 12.3 Å². The molecule has 25 heavy (non-hydrogen) atoms. The summed E-state index contributed by atoms with van der Waals surface area (Å²) in [5.41, 5.74) is 4.47. The van der Waals surface area contributed by atoms with E-state index in [2.05, 4.69) is 4.98 Å². The molecule has 1 aromatic carbocycles. The SMILES string of the molecule is Cn1c(N)c(C(=O)COC(=O)c2cc3ccccc3[nH]2)c(=O)[nH]c1=O. The van der Waals surface area contributed by atoms with Gasteiger partial charge in [0.05, 0.1) is 0 Å². The largest absolute Gasteiger partial charge is 0.453 e. The van der Waals surface area contributed by atoms with Crippen LogP contribution in [0.4, 0.5) is 5.82 Å². The van der Waals surface area contributed by atoms with Gasteiger partial charge in [-0.15, -0.1) is 0 Å². The second kappa shape index (κ2) is 6.11. The molecule has 0 aliphatic carbocycles. The number of carbonyl (C=O) groups excluding carboxylic acids is 2. The van der Waals surface area contributed by atoms with E-state index >= 15 is 0 Å². The normalized spacial score (nSPS) is 10.8. The number of aromatic nitrogens is 3. The van der Waals surface area contributed by atoms with Gasteiger partial charge in [-0.1, -0.05) is 18.2 Å². The zero-order chi connectivity index (χ0) is 18.1. The molecule has 0 aliphatic rings. The lowest BCUT2D eigenvalue weighted by molar-refractivity contribution is 0.0469. The molecule has 0 spiro atoms. The van der Waals surface area contributed by atoms with Crippen molar-refractivity contribution in [3.8, 4) is 0 Å². The number of nitrogen functional groups attached to an aromatic ring is 1. The molecule has 0 bridgehead atoms. The molecule has 0 amide bonds. The molecule has 128 valence electrons. The first-order chi connectivity index (χ1) is 11.9. The number of hydrogen-bond donors (Lipinski definition) is 3. The van der Waals surface area contributed by atoms with Crippen molar-refractivity contribution in [3.05, 3.63) is 62.4 Å². The first-order valence-corrected chi connectivity index (χ1v) is 7.25. The summed E-state index contributed by atoms with van der Waals surface area (Å²) in [5, 5.41) is 0.819. The number of hydrogen-bond acceptors (Lipinski definition) is 6. The molecule has 3 rings (SSSR count). The zero-order valence-electron chi connectivity index (χ0n) is 13.2. The Kier molecular flexibility index (Phi) is 3.97. The quantitative estimate of drug-likeness (QED) is 0.456. The molecular formula is C16H14N4O5. The number of Topliss-reactive ketones (excluding diaryl/α,β-unsaturated/α-hetero) is 1. The van der Waals surface area contributed by atoms with Gasteiger partial charge in [-0.3, -0.25) is 19.1 Å². The van der Waals surface area contributed by atoms with E-state index in [0.29, 0.717) is 0 Å². The van der Waals surface area contributed by atoms with E-state index < -0.39 is 35.2 Å². The predicted molar refractivity (Wildman–Crippen MR) is 89.6 cm³/mol. The van der Waals surface area contributed by atoms with Gasteiger partial charge in [0.2, 0.25) is 5.78 Å². The average molecular weight is 342 g/mol. The van der Waals surface area contributed by atoms with Gasteiger partial charge in [-0.25, -0.2) is 9.59 Å². The van der Waals surface area contributed by atoms with E-state index in [-0.39, 0.29) is 11.5 Å². The summed E-state index contributed by atoms with van der Waals surface area (Å²) in [4.78, 5) is 52.2. The minimum absolute atomic E-state index is 0.177. The molecule has 0 fully saturated rings. The molecule has 3 aromatic rings. The summed E-state index contributed by atoms with van der Waals surface area (Å²) in [6.07, 6.45) is 0. The van der Waals surface area contributed by atoms with Crippen LogP contribution in [0.1, 0.15) is 20.8 Å². The van der Waals surface area contributed by atoms with Gasteiger partial charge in [0.15, 0.2) is 6.61 Å². The summed E-state index contributed by atoms with van der Waals surface area (Å²) >= 11 is 0. The van der Waals surface area contributed by atoms with Crippen LogP contribution in [0.25, 0.3) is 10.9 Å². The van der Waals surface area contributed by atoms with Crippen LogP contribution in [0.5, 0.6) is 0 Å². The van der Waals surface area contributed by atoms with Crippen LogP contribution in [0, 0.1) is 0 Å². The second-order valence-electron chi connectivity index (χ2n) is 5.35. The molecule has 9 nitrogen and oxygen atoms in total.